The molecule has 1 atom stereocenters. The maximum absolute atomic E-state index is 12.1. The molecule has 0 bridgehead atoms. The number of anilines is 1. The Morgan fingerprint density at radius 1 is 1.28 bits per heavy atom. The lowest BCUT2D eigenvalue weighted by molar-refractivity contribution is -0.126. The fourth-order valence-corrected chi connectivity index (χ4v) is 4.65. The number of pyridine rings is 1. The number of primary amides is 1. The second-order valence-corrected chi connectivity index (χ2v) is 9.18. The van der Waals surface area contributed by atoms with Crippen LogP contribution in [-0.4, -0.2) is 74.7 Å². The number of ether oxygens (including phenoxy) is 1. The van der Waals surface area contributed by atoms with Gasteiger partial charge in [-0.25, -0.2) is 9.97 Å². The van der Waals surface area contributed by atoms with E-state index in [2.05, 4.69) is 15.4 Å². The first-order valence-corrected chi connectivity index (χ1v) is 12.0. The quantitative estimate of drug-likeness (QED) is 0.439. The Labute approximate surface area is 208 Å². The van der Waals surface area contributed by atoms with Gasteiger partial charge >= 0.3 is 0 Å². The molecule has 188 valence electrons. The monoisotopic (exact) mass is 490 g/mol. The number of methoxy groups -OCH3 is 1. The van der Waals surface area contributed by atoms with Gasteiger partial charge in [-0.2, -0.15) is 9.61 Å². The topological polar surface area (TPSA) is 133 Å². The van der Waals surface area contributed by atoms with Gasteiger partial charge in [-0.3, -0.25) is 9.59 Å². The molecule has 11 heteroatoms. The smallest absolute Gasteiger partial charge is 0.254 e. The SMILES string of the molecule is CNc1cc(-c2cn(C3CC(=O)N(C)C3)c3ncccc23)nc2c(C(N)=O)cnn12.COC1CCC1. The zero-order valence-corrected chi connectivity index (χ0v) is 20.6. The lowest BCUT2D eigenvalue weighted by Crippen LogP contribution is -2.19. The van der Waals surface area contributed by atoms with Crippen molar-refractivity contribution < 1.29 is 14.3 Å². The summed E-state index contributed by atoms with van der Waals surface area (Å²) in [6, 6.07) is 5.71. The number of likely N-dealkylation sites (tertiary alicyclic amines) is 1. The van der Waals surface area contributed by atoms with Crippen molar-refractivity contribution in [3.63, 3.8) is 0 Å². The minimum Gasteiger partial charge on any atom is -0.381 e. The van der Waals surface area contributed by atoms with Crippen LogP contribution in [0, 0.1) is 0 Å². The average Bonchev–Trinajstić information content (AvgIpc) is 3.53. The van der Waals surface area contributed by atoms with Gasteiger partial charge in [0.05, 0.1) is 24.0 Å². The van der Waals surface area contributed by atoms with E-state index in [4.69, 9.17) is 15.5 Å². The molecule has 3 N–H and O–H groups in total. The summed E-state index contributed by atoms with van der Waals surface area (Å²) in [7, 11) is 5.36. The molecule has 5 heterocycles. The summed E-state index contributed by atoms with van der Waals surface area (Å²) in [4.78, 5) is 34.9. The number of aromatic nitrogens is 5. The number of nitrogens with one attached hydrogen (secondary N) is 1. The van der Waals surface area contributed by atoms with Crippen LogP contribution in [0.25, 0.3) is 27.9 Å². The molecule has 0 aromatic carbocycles. The zero-order chi connectivity index (χ0) is 25.4. The summed E-state index contributed by atoms with van der Waals surface area (Å²) in [6.07, 6.45) is 10.1. The van der Waals surface area contributed by atoms with E-state index >= 15 is 0 Å². The number of nitrogens with two attached hydrogens (primary N) is 1. The largest absolute Gasteiger partial charge is 0.381 e. The standard InChI is InChI=1S/C20H20N8O2.C5H10O/c1-22-16-7-15(25-20-13(18(21)30)8-24-28(16)20)14-10-27(11-6-17(29)26(2)9-11)19-12(14)4-3-5-23-19;1-6-5-3-2-4-5/h3-5,7-8,10-11,22H,6,9H2,1-2H3,(H2,21,30);5H,2-4H2,1H3. The van der Waals surface area contributed by atoms with Crippen LogP contribution in [0.1, 0.15) is 42.1 Å². The third-order valence-corrected chi connectivity index (χ3v) is 6.96. The van der Waals surface area contributed by atoms with Crippen molar-refractivity contribution >= 4 is 34.3 Å². The van der Waals surface area contributed by atoms with Gasteiger partial charge < -0.3 is 25.3 Å². The average molecular weight is 491 g/mol. The fourth-order valence-electron chi connectivity index (χ4n) is 4.65. The molecule has 1 aliphatic carbocycles. The van der Waals surface area contributed by atoms with Crippen LogP contribution in [0.15, 0.2) is 36.8 Å². The maximum atomic E-state index is 12.1. The molecular weight excluding hydrogens is 460 g/mol. The van der Waals surface area contributed by atoms with Crippen molar-refractivity contribution in [3.05, 3.63) is 42.4 Å². The number of rotatable bonds is 5. The molecule has 2 amide bonds. The lowest BCUT2D eigenvalue weighted by atomic mass is 9.96. The predicted molar refractivity (Wildman–Crippen MR) is 136 cm³/mol. The van der Waals surface area contributed by atoms with Crippen LogP contribution in [0.4, 0.5) is 5.82 Å². The van der Waals surface area contributed by atoms with Gasteiger partial charge in [0.25, 0.3) is 5.91 Å². The number of nitrogens with zero attached hydrogens (tertiary/aromatic N) is 6. The Morgan fingerprint density at radius 3 is 2.67 bits per heavy atom. The molecule has 1 unspecified atom stereocenters. The van der Waals surface area contributed by atoms with Crippen LogP contribution >= 0.6 is 0 Å². The van der Waals surface area contributed by atoms with Crippen molar-refractivity contribution in [2.45, 2.75) is 37.8 Å². The minimum absolute atomic E-state index is 0.00250. The molecule has 1 saturated heterocycles. The summed E-state index contributed by atoms with van der Waals surface area (Å²) >= 11 is 0. The Morgan fingerprint density at radius 2 is 2.08 bits per heavy atom. The highest BCUT2D eigenvalue weighted by atomic mass is 16.5. The van der Waals surface area contributed by atoms with E-state index in [1.807, 2.05) is 36.0 Å². The van der Waals surface area contributed by atoms with Crippen LogP contribution in [0.5, 0.6) is 0 Å². The van der Waals surface area contributed by atoms with Crippen molar-refractivity contribution in [3.8, 4) is 11.3 Å². The van der Waals surface area contributed by atoms with E-state index in [-0.39, 0.29) is 17.5 Å². The molecule has 11 nitrogen and oxygen atoms in total. The van der Waals surface area contributed by atoms with Gasteiger partial charge in [-0.05, 0) is 31.4 Å². The van der Waals surface area contributed by atoms with Gasteiger partial charge in [0.2, 0.25) is 5.91 Å². The molecule has 36 heavy (non-hydrogen) atoms. The molecule has 0 spiro atoms. The Balaban J connectivity index is 0.000000391. The molecule has 1 saturated carbocycles. The molecule has 1 aliphatic heterocycles. The minimum atomic E-state index is -0.590. The predicted octanol–water partition coefficient (Wildman–Crippen LogP) is 2.48. The third-order valence-electron chi connectivity index (χ3n) is 6.96. The van der Waals surface area contributed by atoms with Gasteiger partial charge in [0, 0.05) is 63.6 Å². The summed E-state index contributed by atoms with van der Waals surface area (Å²) in [5.41, 5.74) is 8.44. The van der Waals surface area contributed by atoms with Crippen molar-refractivity contribution in [2.75, 3.05) is 33.1 Å². The van der Waals surface area contributed by atoms with Gasteiger partial charge in [-0.15, -0.1) is 0 Å². The summed E-state index contributed by atoms with van der Waals surface area (Å²) in [6.45, 7) is 0.626. The summed E-state index contributed by atoms with van der Waals surface area (Å²) in [5.74, 6) is 0.193. The molecular formula is C25H30N8O3. The van der Waals surface area contributed by atoms with E-state index in [1.54, 1.807) is 29.8 Å². The first-order chi connectivity index (χ1) is 17.4. The molecule has 4 aromatic rings. The van der Waals surface area contributed by atoms with Crippen LogP contribution < -0.4 is 11.1 Å². The normalized spacial score (nSPS) is 17.8. The Hall–Kier alpha value is -3.99. The highest BCUT2D eigenvalue weighted by Crippen LogP contribution is 2.34. The lowest BCUT2D eigenvalue weighted by Gasteiger charge is -2.22. The summed E-state index contributed by atoms with van der Waals surface area (Å²) in [5, 5.41) is 8.23. The number of fused-ring (bicyclic) bond motifs is 2. The number of likely N-dealkylation sites (N-methyl/N-ethyl adjacent to an activating group) is 1. The van der Waals surface area contributed by atoms with Gasteiger partial charge in [-0.1, -0.05) is 0 Å². The number of amides is 2. The van der Waals surface area contributed by atoms with Crippen LogP contribution in [-0.2, 0) is 9.53 Å². The fraction of sp³-hybridized carbons (Fsp3) is 0.400. The second-order valence-electron chi connectivity index (χ2n) is 9.18. The first-order valence-electron chi connectivity index (χ1n) is 12.0. The second kappa shape index (κ2) is 9.57. The van der Waals surface area contributed by atoms with E-state index in [0.29, 0.717) is 36.2 Å². The van der Waals surface area contributed by atoms with E-state index in [1.165, 1.54) is 25.5 Å². The molecule has 6 rings (SSSR count). The first kappa shape index (κ1) is 23.7. The molecule has 2 aliphatic rings. The highest BCUT2D eigenvalue weighted by Gasteiger charge is 2.30. The highest BCUT2D eigenvalue weighted by molar-refractivity contribution is 6.00. The number of carbonyl (C=O) groups excluding carboxylic acids is 2. The van der Waals surface area contributed by atoms with Crippen molar-refractivity contribution in [2.24, 2.45) is 5.73 Å². The zero-order valence-electron chi connectivity index (χ0n) is 20.6. The molecule has 0 radical (unpaired) electrons. The van der Waals surface area contributed by atoms with Crippen molar-refractivity contribution in [1.82, 2.24) is 29.0 Å². The number of hydrogen-bond donors (Lipinski definition) is 2. The number of carbonyl (C=O) groups is 2. The van der Waals surface area contributed by atoms with Gasteiger partial charge in [0.1, 0.15) is 17.0 Å². The van der Waals surface area contributed by atoms with Crippen molar-refractivity contribution in [1.29, 1.82) is 0 Å². The van der Waals surface area contributed by atoms with E-state index in [9.17, 15) is 9.59 Å². The molecule has 2 fully saturated rings. The Kier molecular flexibility index (Phi) is 6.31. The number of hydrogen-bond acceptors (Lipinski definition) is 7. The van der Waals surface area contributed by atoms with E-state index in [0.717, 1.165) is 16.6 Å². The van der Waals surface area contributed by atoms with Crippen LogP contribution in [0.2, 0.25) is 0 Å². The Bertz CT molecular complexity index is 1440. The third kappa shape index (κ3) is 4.15. The molecule has 4 aromatic heterocycles. The van der Waals surface area contributed by atoms with Gasteiger partial charge in [0.15, 0.2) is 5.65 Å². The maximum Gasteiger partial charge on any atom is 0.254 e. The van der Waals surface area contributed by atoms with Crippen LogP contribution in [0.3, 0.4) is 0 Å². The summed E-state index contributed by atoms with van der Waals surface area (Å²) < 4.78 is 8.58. The van der Waals surface area contributed by atoms with E-state index < -0.39 is 5.91 Å².